The maximum Gasteiger partial charge on any atom is 0.237 e. The first-order valence-corrected chi connectivity index (χ1v) is 7.04. The molecule has 1 fully saturated rings. The minimum absolute atomic E-state index is 0.0995. The summed E-state index contributed by atoms with van der Waals surface area (Å²) >= 11 is 1.63. The van der Waals surface area contributed by atoms with Crippen molar-refractivity contribution in [3.63, 3.8) is 0 Å². The van der Waals surface area contributed by atoms with Crippen LogP contribution in [0, 0.1) is 0 Å². The monoisotopic (exact) mass is 253 g/mol. The number of carbonyl (C=O) groups excluding carboxylic acids is 1. The predicted octanol–water partition coefficient (Wildman–Crippen LogP) is 1.85. The van der Waals surface area contributed by atoms with Crippen molar-refractivity contribution < 1.29 is 4.79 Å². The Labute approximate surface area is 106 Å². The van der Waals surface area contributed by atoms with Crippen molar-refractivity contribution >= 4 is 17.2 Å². The van der Waals surface area contributed by atoms with Gasteiger partial charge in [0.25, 0.3) is 0 Å². The van der Waals surface area contributed by atoms with E-state index in [-0.39, 0.29) is 18.0 Å². The van der Waals surface area contributed by atoms with Crippen LogP contribution in [0.4, 0.5) is 0 Å². The summed E-state index contributed by atoms with van der Waals surface area (Å²) in [4.78, 5) is 16.1. The summed E-state index contributed by atoms with van der Waals surface area (Å²) in [6.07, 6.45) is 5.00. The van der Waals surface area contributed by atoms with Crippen LogP contribution >= 0.6 is 11.3 Å². The lowest BCUT2D eigenvalue weighted by atomic mass is 10.2. The summed E-state index contributed by atoms with van der Waals surface area (Å²) in [5, 5.41) is 9.37. The van der Waals surface area contributed by atoms with E-state index in [0.29, 0.717) is 6.04 Å². The van der Waals surface area contributed by atoms with Crippen molar-refractivity contribution in [1.82, 2.24) is 15.6 Å². The van der Waals surface area contributed by atoms with Gasteiger partial charge in [-0.1, -0.05) is 6.92 Å². The highest BCUT2D eigenvalue weighted by atomic mass is 32.1. The number of thiazole rings is 1. The van der Waals surface area contributed by atoms with Crippen LogP contribution in [-0.4, -0.2) is 23.0 Å². The van der Waals surface area contributed by atoms with E-state index in [0.717, 1.165) is 24.3 Å². The fourth-order valence-corrected chi connectivity index (χ4v) is 2.48. The molecule has 17 heavy (non-hydrogen) atoms. The number of nitrogens with zero attached hydrogens (tertiary/aromatic N) is 1. The van der Waals surface area contributed by atoms with E-state index in [2.05, 4.69) is 22.5 Å². The average Bonchev–Trinajstić information content (AvgIpc) is 2.97. The van der Waals surface area contributed by atoms with E-state index >= 15 is 0 Å². The van der Waals surface area contributed by atoms with Gasteiger partial charge in [0, 0.05) is 17.6 Å². The van der Waals surface area contributed by atoms with Gasteiger partial charge in [-0.25, -0.2) is 4.98 Å². The van der Waals surface area contributed by atoms with Gasteiger partial charge in [-0.05, 0) is 26.2 Å². The molecule has 2 atom stereocenters. The largest absolute Gasteiger partial charge is 0.352 e. The summed E-state index contributed by atoms with van der Waals surface area (Å²) < 4.78 is 0. The maximum absolute atomic E-state index is 11.8. The number of rotatable bonds is 6. The third-order valence-corrected chi connectivity index (χ3v) is 3.82. The summed E-state index contributed by atoms with van der Waals surface area (Å²) in [5.41, 5.74) is 0. The first-order chi connectivity index (χ1) is 8.20. The zero-order chi connectivity index (χ0) is 12.3. The van der Waals surface area contributed by atoms with Crippen LogP contribution in [0.3, 0.4) is 0 Å². The molecule has 1 aliphatic rings. The van der Waals surface area contributed by atoms with Gasteiger partial charge in [0.1, 0.15) is 5.01 Å². The van der Waals surface area contributed by atoms with E-state index < -0.39 is 0 Å². The molecule has 0 aromatic carbocycles. The third-order valence-electron chi connectivity index (χ3n) is 2.93. The molecule has 0 radical (unpaired) electrons. The van der Waals surface area contributed by atoms with Gasteiger partial charge in [0.15, 0.2) is 0 Å². The molecule has 0 saturated heterocycles. The standard InChI is InChI=1S/C12H19N3OS/c1-3-10(12-13-6-7-17-12)14-8(2)11(16)15-9-4-5-9/h6-10,14H,3-5H2,1-2H3,(H,15,16). The lowest BCUT2D eigenvalue weighted by molar-refractivity contribution is -0.123. The Kier molecular flexibility index (Phi) is 4.12. The van der Waals surface area contributed by atoms with Gasteiger partial charge < -0.3 is 5.32 Å². The highest BCUT2D eigenvalue weighted by Gasteiger charge is 2.26. The van der Waals surface area contributed by atoms with Crippen LogP contribution in [0.25, 0.3) is 0 Å². The van der Waals surface area contributed by atoms with Crippen LogP contribution in [0.2, 0.25) is 0 Å². The molecule has 0 bridgehead atoms. The Bertz CT molecular complexity index is 362. The molecule has 1 amide bonds. The Hall–Kier alpha value is -0.940. The number of nitrogens with one attached hydrogen (secondary N) is 2. The van der Waals surface area contributed by atoms with E-state index in [9.17, 15) is 4.79 Å². The van der Waals surface area contributed by atoms with Crippen LogP contribution in [0.5, 0.6) is 0 Å². The van der Waals surface area contributed by atoms with E-state index in [4.69, 9.17) is 0 Å². The smallest absolute Gasteiger partial charge is 0.237 e. The minimum atomic E-state index is -0.163. The summed E-state index contributed by atoms with van der Waals surface area (Å²) in [6, 6.07) is 0.436. The summed E-state index contributed by atoms with van der Waals surface area (Å²) in [7, 11) is 0. The van der Waals surface area contributed by atoms with Crippen LogP contribution in [0.15, 0.2) is 11.6 Å². The van der Waals surface area contributed by atoms with E-state index in [1.54, 1.807) is 17.5 Å². The van der Waals surface area contributed by atoms with Gasteiger partial charge in [0.2, 0.25) is 5.91 Å². The number of carbonyl (C=O) groups is 1. The molecular formula is C12H19N3OS. The lowest BCUT2D eigenvalue weighted by Gasteiger charge is -2.20. The second-order valence-corrected chi connectivity index (χ2v) is 5.43. The predicted molar refractivity (Wildman–Crippen MR) is 68.9 cm³/mol. The molecule has 1 aromatic rings. The third kappa shape index (κ3) is 3.51. The number of aromatic nitrogens is 1. The Balaban J connectivity index is 1.86. The number of amides is 1. The second kappa shape index (κ2) is 5.60. The molecule has 94 valence electrons. The van der Waals surface area contributed by atoms with Crippen molar-refractivity contribution in [1.29, 1.82) is 0 Å². The highest BCUT2D eigenvalue weighted by Crippen LogP contribution is 2.21. The first kappa shape index (κ1) is 12.5. The van der Waals surface area contributed by atoms with Crippen molar-refractivity contribution in [3.8, 4) is 0 Å². The lowest BCUT2D eigenvalue weighted by Crippen LogP contribution is -2.44. The Morgan fingerprint density at radius 3 is 2.94 bits per heavy atom. The highest BCUT2D eigenvalue weighted by molar-refractivity contribution is 7.09. The summed E-state index contributed by atoms with van der Waals surface area (Å²) in [6.45, 7) is 4.01. The van der Waals surface area contributed by atoms with Gasteiger partial charge in [0.05, 0.1) is 12.1 Å². The molecule has 0 spiro atoms. The fraction of sp³-hybridized carbons (Fsp3) is 0.667. The fourth-order valence-electron chi connectivity index (χ4n) is 1.70. The van der Waals surface area contributed by atoms with Gasteiger partial charge in [-0.3, -0.25) is 10.1 Å². The zero-order valence-electron chi connectivity index (χ0n) is 10.3. The minimum Gasteiger partial charge on any atom is -0.352 e. The zero-order valence-corrected chi connectivity index (χ0v) is 11.1. The van der Waals surface area contributed by atoms with Crippen molar-refractivity contribution in [3.05, 3.63) is 16.6 Å². The Morgan fingerprint density at radius 2 is 2.41 bits per heavy atom. The molecular weight excluding hydrogens is 234 g/mol. The molecule has 2 unspecified atom stereocenters. The van der Waals surface area contributed by atoms with E-state index in [1.165, 1.54) is 0 Å². The normalized spacial score (nSPS) is 18.7. The Morgan fingerprint density at radius 1 is 1.65 bits per heavy atom. The average molecular weight is 253 g/mol. The van der Waals surface area contributed by atoms with E-state index in [1.807, 2.05) is 12.3 Å². The molecule has 1 saturated carbocycles. The molecule has 2 rings (SSSR count). The van der Waals surface area contributed by atoms with Crippen molar-refractivity contribution in [2.24, 2.45) is 0 Å². The maximum atomic E-state index is 11.8. The number of hydrogen-bond acceptors (Lipinski definition) is 4. The molecule has 2 N–H and O–H groups in total. The van der Waals surface area contributed by atoms with Crippen molar-refractivity contribution in [2.75, 3.05) is 0 Å². The molecule has 1 heterocycles. The molecule has 1 aliphatic carbocycles. The summed E-state index contributed by atoms with van der Waals surface area (Å²) in [5.74, 6) is 0.0995. The van der Waals surface area contributed by atoms with Crippen molar-refractivity contribution in [2.45, 2.75) is 51.2 Å². The quantitative estimate of drug-likeness (QED) is 0.813. The molecule has 1 aromatic heterocycles. The first-order valence-electron chi connectivity index (χ1n) is 6.16. The van der Waals surface area contributed by atoms with Crippen LogP contribution in [0.1, 0.15) is 44.2 Å². The van der Waals surface area contributed by atoms with Gasteiger partial charge >= 0.3 is 0 Å². The SMILES string of the molecule is CCC(NC(C)C(=O)NC1CC1)c1nccs1. The molecule has 0 aliphatic heterocycles. The van der Waals surface area contributed by atoms with Crippen LogP contribution < -0.4 is 10.6 Å². The number of hydrogen-bond donors (Lipinski definition) is 2. The van der Waals surface area contributed by atoms with Crippen LogP contribution in [-0.2, 0) is 4.79 Å². The van der Waals surface area contributed by atoms with Gasteiger partial charge in [-0.15, -0.1) is 11.3 Å². The molecule has 5 heteroatoms. The van der Waals surface area contributed by atoms with Gasteiger partial charge in [-0.2, -0.15) is 0 Å². The second-order valence-electron chi connectivity index (χ2n) is 4.50. The molecule has 4 nitrogen and oxygen atoms in total. The topological polar surface area (TPSA) is 54.0 Å².